The molecule has 0 aliphatic carbocycles. The average molecular weight is 649 g/mol. The Hall–Kier alpha value is -3.27. The minimum absolute atomic E-state index is 0.00154. The molecule has 0 bridgehead atoms. The van der Waals surface area contributed by atoms with Crippen molar-refractivity contribution in [2.75, 3.05) is 24.0 Å². The van der Waals surface area contributed by atoms with Crippen LogP contribution in [0, 0.1) is 12.8 Å². The van der Waals surface area contributed by atoms with Crippen molar-refractivity contribution in [1.82, 2.24) is 10.2 Å². The summed E-state index contributed by atoms with van der Waals surface area (Å²) in [6, 6.07) is 17.0. The van der Waals surface area contributed by atoms with Gasteiger partial charge in [-0.1, -0.05) is 67.7 Å². The molecule has 0 radical (unpaired) electrons. The Morgan fingerprint density at radius 2 is 1.60 bits per heavy atom. The highest BCUT2D eigenvalue weighted by Crippen LogP contribution is 2.28. The quantitative estimate of drug-likeness (QED) is 0.216. The van der Waals surface area contributed by atoms with E-state index in [0.29, 0.717) is 46.6 Å². The van der Waals surface area contributed by atoms with Gasteiger partial charge in [0.15, 0.2) is 0 Å². The van der Waals surface area contributed by atoms with Gasteiger partial charge in [0, 0.05) is 23.1 Å². The summed E-state index contributed by atoms with van der Waals surface area (Å²) in [6.45, 7) is 9.78. The van der Waals surface area contributed by atoms with Gasteiger partial charge in [-0.2, -0.15) is 0 Å². The van der Waals surface area contributed by atoms with E-state index < -0.39 is 28.5 Å². The fourth-order valence-electron chi connectivity index (χ4n) is 4.42. The summed E-state index contributed by atoms with van der Waals surface area (Å²) < 4.78 is 34.6. The molecule has 1 atom stereocenters. The molecule has 0 saturated heterocycles. The van der Waals surface area contributed by atoms with E-state index in [1.807, 2.05) is 27.7 Å². The Morgan fingerprint density at radius 1 is 0.953 bits per heavy atom. The zero-order valence-corrected chi connectivity index (χ0v) is 27.5. The Labute approximate surface area is 265 Å². The average Bonchev–Trinajstić information content (AvgIpc) is 2.96. The molecular formula is C32H39Cl2N3O5S. The smallest absolute Gasteiger partial charge is 0.264 e. The number of nitrogens with zero attached hydrogens (tertiary/aromatic N) is 2. The van der Waals surface area contributed by atoms with Crippen LogP contribution in [0.25, 0.3) is 0 Å². The summed E-state index contributed by atoms with van der Waals surface area (Å²) in [5, 5.41) is 3.67. The Morgan fingerprint density at radius 3 is 2.16 bits per heavy atom. The van der Waals surface area contributed by atoms with Crippen LogP contribution in [-0.2, 0) is 26.2 Å². The van der Waals surface area contributed by atoms with E-state index >= 15 is 0 Å². The number of aryl methyl sites for hydroxylation is 1. The molecule has 0 aliphatic rings. The minimum Gasteiger partial charge on any atom is -0.494 e. The van der Waals surface area contributed by atoms with Crippen molar-refractivity contribution in [2.24, 2.45) is 5.92 Å². The number of halogens is 2. The van der Waals surface area contributed by atoms with Crippen molar-refractivity contribution < 1.29 is 22.7 Å². The van der Waals surface area contributed by atoms with Gasteiger partial charge in [-0.3, -0.25) is 13.9 Å². The van der Waals surface area contributed by atoms with Crippen LogP contribution in [0.5, 0.6) is 5.75 Å². The van der Waals surface area contributed by atoms with Gasteiger partial charge in [-0.05, 0) is 80.3 Å². The fraction of sp³-hybridized carbons (Fsp3) is 0.375. The molecule has 43 heavy (non-hydrogen) atoms. The molecule has 0 fully saturated rings. The molecule has 1 N–H and O–H groups in total. The van der Waals surface area contributed by atoms with Crippen molar-refractivity contribution in [3.05, 3.63) is 87.9 Å². The van der Waals surface area contributed by atoms with Gasteiger partial charge in [0.2, 0.25) is 11.8 Å². The minimum atomic E-state index is -4.20. The first-order valence-corrected chi connectivity index (χ1v) is 16.4. The van der Waals surface area contributed by atoms with Crippen LogP contribution >= 0.6 is 23.2 Å². The first kappa shape index (κ1) is 34.2. The third-order valence-electron chi connectivity index (χ3n) is 6.75. The van der Waals surface area contributed by atoms with Gasteiger partial charge in [0.25, 0.3) is 10.0 Å². The van der Waals surface area contributed by atoms with Gasteiger partial charge < -0.3 is 15.0 Å². The van der Waals surface area contributed by atoms with Gasteiger partial charge in [-0.25, -0.2) is 8.42 Å². The zero-order chi connectivity index (χ0) is 31.7. The standard InChI is InChI=1S/C32H39Cl2N3O5S/c1-6-30(32(39)35-19-22(3)4)36(20-24-10-11-25(33)18-29(24)34)31(38)21-37(26-12-8-23(5)9-13-26)43(40,41)28-16-14-27(15-17-28)42-7-2/h8-18,22,30H,6-7,19-21H2,1-5H3,(H,35,39)/t30-/m0/s1. The van der Waals surface area contributed by atoms with Crippen LogP contribution in [0.1, 0.15) is 45.2 Å². The molecule has 0 saturated carbocycles. The molecular weight excluding hydrogens is 609 g/mol. The van der Waals surface area contributed by atoms with Crippen LogP contribution in [0.15, 0.2) is 71.6 Å². The first-order chi connectivity index (χ1) is 20.4. The number of carbonyl (C=O) groups is 2. The molecule has 232 valence electrons. The normalized spacial score (nSPS) is 12.1. The van der Waals surface area contributed by atoms with E-state index in [9.17, 15) is 18.0 Å². The summed E-state index contributed by atoms with van der Waals surface area (Å²) in [6.07, 6.45) is 0.303. The second kappa shape index (κ2) is 15.5. The topological polar surface area (TPSA) is 96.0 Å². The third-order valence-corrected chi connectivity index (χ3v) is 9.12. The largest absolute Gasteiger partial charge is 0.494 e. The highest BCUT2D eigenvalue weighted by molar-refractivity contribution is 7.92. The molecule has 0 spiro atoms. The molecule has 0 heterocycles. The molecule has 0 unspecified atom stereocenters. The predicted octanol–water partition coefficient (Wildman–Crippen LogP) is 6.48. The zero-order valence-electron chi connectivity index (χ0n) is 25.1. The number of hydrogen-bond donors (Lipinski definition) is 1. The van der Waals surface area contributed by atoms with Crippen LogP contribution in [-0.4, -0.2) is 50.9 Å². The lowest BCUT2D eigenvalue weighted by atomic mass is 10.1. The van der Waals surface area contributed by atoms with Crippen molar-refractivity contribution in [1.29, 1.82) is 0 Å². The number of rotatable bonds is 14. The number of nitrogens with one attached hydrogen (secondary N) is 1. The maximum Gasteiger partial charge on any atom is 0.264 e. The molecule has 8 nitrogen and oxygen atoms in total. The molecule has 3 aromatic carbocycles. The molecule has 2 amide bonds. The van der Waals surface area contributed by atoms with Gasteiger partial charge in [0.1, 0.15) is 18.3 Å². The SMILES string of the molecule is CCOc1ccc(S(=O)(=O)N(CC(=O)N(Cc2ccc(Cl)cc2Cl)[C@@H](CC)C(=O)NCC(C)C)c2ccc(C)cc2)cc1. The van der Waals surface area contributed by atoms with E-state index in [1.54, 1.807) is 61.5 Å². The number of carbonyl (C=O) groups excluding carboxylic acids is 2. The van der Waals surface area contributed by atoms with Crippen LogP contribution < -0.4 is 14.4 Å². The van der Waals surface area contributed by atoms with Gasteiger partial charge in [-0.15, -0.1) is 0 Å². The van der Waals surface area contributed by atoms with Crippen LogP contribution in [0.2, 0.25) is 10.0 Å². The molecule has 0 aromatic heterocycles. The van der Waals surface area contributed by atoms with Crippen LogP contribution in [0.4, 0.5) is 5.69 Å². The van der Waals surface area contributed by atoms with E-state index in [2.05, 4.69) is 5.32 Å². The lowest BCUT2D eigenvalue weighted by Crippen LogP contribution is -2.52. The summed E-state index contributed by atoms with van der Waals surface area (Å²) in [7, 11) is -4.20. The number of amides is 2. The van der Waals surface area contributed by atoms with E-state index in [0.717, 1.165) is 9.87 Å². The summed E-state index contributed by atoms with van der Waals surface area (Å²) in [4.78, 5) is 28.9. The lowest BCUT2D eigenvalue weighted by molar-refractivity contribution is -0.140. The highest BCUT2D eigenvalue weighted by Gasteiger charge is 2.34. The van der Waals surface area contributed by atoms with Crippen molar-refractivity contribution in [3.63, 3.8) is 0 Å². The maximum absolute atomic E-state index is 14.2. The second-order valence-corrected chi connectivity index (χ2v) is 13.3. The fourth-order valence-corrected chi connectivity index (χ4v) is 6.30. The molecule has 3 aromatic rings. The monoisotopic (exact) mass is 647 g/mol. The van der Waals surface area contributed by atoms with Crippen molar-refractivity contribution in [3.8, 4) is 5.75 Å². The van der Waals surface area contributed by atoms with Crippen molar-refractivity contribution >= 4 is 50.7 Å². The van der Waals surface area contributed by atoms with E-state index in [4.69, 9.17) is 27.9 Å². The maximum atomic E-state index is 14.2. The molecule has 11 heteroatoms. The van der Waals surface area contributed by atoms with Crippen molar-refractivity contribution in [2.45, 2.75) is 58.5 Å². The number of sulfonamides is 1. The lowest BCUT2D eigenvalue weighted by Gasteiger charge is -2.33. The number of anilines is 1. The third kappa shape index (κ3) is 9.11. The molecule has 0 aliphatic heterocycles. The summed E-state index contributed by atoms with van der Waals surface area (Å²) in [5.74, 6) is -0.158. The number of ether oxygens (including phenoxy) is 1. The van der Waals surface area contributed by atoms with E-state index in [-0.39, 0.29) is 23.3 Å². The second-order valence-electron chi connectivity index (χ2n) is 10.6. The number of benzene rings is 3. The number of hydrogen-bond acceptors (Lipinski definition) is 5. The van der Waals surface area contributed by atoms with Gasteiger partial charge in [0.05, 0.1) is 17.2 Å². The highest BCUT2D eigenvalue weighted by atomic mass is 35.5. The predicted molar refractivity (Wildman–Crippen MR) is 172 cm³/mol. The summed E-state index contributed by atoms with van der Waals surface area (Å²) in [5.41, 5.74) is 1.82. The summed E-state index contributed by atoms with van der Waals surface area (Å²) >= 11 is 12.6. The van der Waals surface area contributed by atoms with E-state index in [1.165, 1.54) is 17.0 Å². The van der Waals surface area contributed by atoms with Crippen LogP contribution in [0.3, 0.4) is 0 Å². The Balaban J connectivity index is 2.06. The first-order valence-electron chi connectivity index (χ1n) is 14.2. The Bertz CT molecular complexity index is 1500. The molecule has 3 rings (SSSR count). The van der Waals surface area contributed by atoms with Gasteiger partial charge >= 0.3 is 0 Å². The Kier molecular flexibility index (Phi) is 12.3.